The largest absolute Gasteiger partial charge is 0.480 e. The lowest BCUT2D eigenvalue weighted by atomic mass is 9.95. The van der Waals surface area contributed by atoms with Gasteiger partial charge in [-0.3, -0.25) is 4.79 Å². The van der Waals surface area contributed by atoms with Crippen LogP contribution in [0.25, 0.3) is 6.08 Å². The van der Waals surface area contributed by atoms with Gasteiger partial charge in [-0.15, -0.1) is 11.8 Å². The van der Waals surface area contributed by atoms with E-state index in [0.717, 1.165) is 11.1 Å². The molecule has 1 aromatic carbocycles. The number of hydrogen-bond donors (Lipinski definition) is 3. The van der Waals surface area contributed by atoms with Gasteiger partial charge in [0.2, 0.25) is 0 Å². The molecule has 0 fully saturated rings. The molecule has 0 amide bonds. The number of hydrogen-bond acceptors (Lipinski definition) is 4. The van der Waals surface area contributed by atoms with E-state index in [4.69, 9.17) is 10.8 Å². The molecule has 3 atom stereocenters. The number of benzene rings is 1. The van der Waals surface area contributed by atoms with Gasteiger partial charge in [0.25, 0.3) is 0 Å². The highest BCUT2D eigenvalue weighted by Crippen LogP contribution is 2.34. The lowest BCUT2D eigenvalue weighted by Crippen LogP contribution is -2.33. The molecular formula is C13H15NO3S. The maximum atomic E-state index is 10.6. The number of carbonyl (C=O) groups is 1. The SMILES string of the molecule is NC(CSC1C=Cc2ccccc2C1O)C(=O)O. The molecule has 0 heterocycles. The summed E-state index contributed by atoms with van der Waals surface area (Å²) >= 11 is 1.36. The summed E-state index contributed by atoms with van der Waals surface area (Å²) in [5.41, 5.74) is 7.33. The molecule has 0 radical (unpaired) electrons. The summed E-state index contributed by atoms with van der Waals surface area (Å²) in [6.45, 7) is 0. The molecule has 0 saturated heterocycles. The Balaban J connectivity index is 2.04. The average molecular weight is 265 g/mol. The van der Waals surface area contributed by atoms with Crippen molar-refractivity contribution in [2.24, 2.45) is 5.73 Å². The third-order valence-electron chi connectivity index (χ3n) is 2.88. The van der Waals surface area contributed by atoms with Crippen molar-refractivity contribution in [2.45, 2.75) is 17.4 Å². The molecule has 4 nitrogen and oxygen atoms in total. The van der Waals surface area contributed by atoms with E-state index in [1.807, 2.05) is 36.4 Å². The second-order valence-corrected chi connectivity index (χ2v) is 5.39. The number of aliphatic carboxylic acids is 1. The van der Waals surface area contributed by atoms with Gasteiger partial charge in [-0.05, 0) is 11.1 Å². The fourth-order valence-corrected chi connectivity index (χ4v) is 2.94. The highest BCUT2D eigenvalue weighted by molar-refractivity contribution is 8.00. The Bertz CT molecular complexity index is 475. The molecule has 0 spiro atoms. The van der Waals surface area contributed by atoms with Crippen LogP contribution in [0.2, 0.25) is 0 Å². The smallest absolute Gasteiger partial charge is 0.321 e. The van der Waals surface area contributed by atoms with E-state index < -0.39 is 18.1 Å². The number of carboxylic acid groups (broad SMARTS) is 1. The van der Waals surface area contributed by atoms with Crippen molar-refractivity contribution in [3.05, 3.63) is 41.5 Å². The van der Waals surface area contributed by atoms with Crippen LogP contribution in [-0.4, -0.2) is 33.2 Å². The standard InChI is InChI=1S/C13H15NO3S/c14-10(13(16)17)7-18-11-6-5-8-3-1-2-4-9(8)12(11)15/h1-6,10-12,15H,7,14H2,(H,16,17). The van der Waals surface area contributed by atoms with Crippen LogP contribution in [0, 0.1) is 0 Å². The van der Waals surface area contributed by atoms with Gasteiger partial charge in [-0.2, -0.15) is 0 Å². The molecule has 5 heteroatoms. The van der Waals surface area contributed by atoms with Crippen LogP contribution in [0.5, 0.6) is 0 Å². The lowest BCUT2D eigenvalue weighted by molar-refractivity contribution is -0.137. The first-order valence-electron chi connectivity index (χ1n) is 5.65. The Morgan fingerprint density at radius 1 is 1.44 bits per heavy atom. The Hall–Kier alpha value is -1.30. The highest BCUT2D eigenvalue weighted by Gasteiger charge is 2.25. The van der Waals surface area contributed by atoms with Crippen molar-refractivity contribution in [3.8, 4) is 0 Å². The van der Waals surface area contributed by atoms with E-state index >= 15 is 0 Å². The predicted molar refractivity (Wildman–Crippen MR) is 72.3 cm³/mol. The number of carboxylic acids is 1. The van der Waals surface area contributed by atoms with Crippen LogP contribution in [-0.2, 0) is 4.79 Å². The zero-order valence-electron chi connectivity index (χ0n) is 9.69. The summed E-state index contributed by atoms with van der Waals surface area (Å²) in [6, 6.07) is 6.73. The fourth-order valence-electron chi connectivity index (χ4n) is 1.85. The zero-order valence-corrected chi connectivity index (χ0v) is 10.5. The zero-order chi connectivity index (χ0) is 13.1. The Morgan fingerprint density at radius 2 is 2.17 bits per heavy atom. The molecule has 0 bridgehead atoms. The summed E-state index contributed by atoms with van der Waals surface area (Å²) in [4.78, 5) is 10.6. The maximum absolute atomic E-state index is 10.6. The molecule has 4 N–H and O–H groups in total. The van der Waals surface area contributed by atoms with Gasteiger partial charge in [0, 0.05) is 5.75 Å². The molecule has 3 unspecified atom stereocenters. The number of rotatable bonds is 4. The first-order valence-corrected chi connectivity index (χ1v) is 6.69. The first-order chi connectivity index (χ1) is 8.59. The monoisotopic (exact) mass is 265 g/mol. The van der Waals surface area contributed by atoms with E-state index in [2.05, 4.69) is 0 Å². The van der Waals surface area contributed by atoms with Crippen LogP contribution in [0.4, 0.5) is 0 Å². The van der Waals surface area contributed by atoms with Crippen LogP contribution >= 0.6 is 11.8 Å². The summed E-state index contributed by atoms with van der Waals surface area (Å²) in [6.07, 6.45) is 3.23. The lowest BCUT2D eigenvalue weighted by Gasteiger charge is -2.25. The van der Waals surface area contributed by atoms with Gasteiger partial charge >= 0.3 is 5.97 Å². The van der Waals surface area contributed by atoms with Gasteiger partial charge in [-0.25, -0.2) is 0 Å². The minimum atomic E-state index is -1.02. The van der Waals surface area contributed by atoms with Crippen molar-refractivity contribution >= 4 is 23.8 Å². The number of nitrogens with two attached hydrogens (primary N) is 1. The topological polar surface area (TPSA) is 83.5 Å². The molecule has 96 valence electrons. The molecule has 0 aliphatic heterocycles. The van der Waals surface area contributed by atoms with Gasteiger partial charge in [0.05, 0.1) is 11.4 Å². The Kier molecular flexibility index (Phi) is 4.06. The number of aliphatic hydroxyl groups excluding tert-OH is 1. The van der Waals surface area contributed by atoms with Crippen molar-refractivity contribution < 1.29 is 15.0 Å². The fraction of sp³-hybridized carbons (Fsp3) is 0.308. The molecule has 1 aliphatic carbocycles. The van der Waals surface area contributed by atoms with Gasteiger partial charge in [-0.1, -0.05) is 36.4 Å². The van der Waals surface area contributed by atoms with E-state index in [9.17, 15) is 9.90 Å². The molecule has 1 aromatic rings. The second-order valence-electron chi connectivity index (χ2n) is 4.18. The third kappa shape index (κ3) is 2.75. The Morgan fingerprint density at radius 3 is 2.89 bits per heavy atom. The normalized spacial score (nSPS) is 23.4. The summed E-state index contributed by atoms with van der Waals surface area (Å²) in [7, 11) is 0. The molecule has 2 rings (SSSR count). The van der Waals surface area contributed by atoms with Crippen molar-refractivity contribution in [1.29, 1.82) is 0 Å². The van der Waals surface area contributed by atoms with Crippen LogP contribution in [0.1, 0.15) is 17.2 Å². The minimum Gasteiger partial charge on any atom is -0.480 e. The first kappa shape index (κ1) is 13.1. The molecule has 18 heavy (non-hydrogen) atoms. The van der Waals surface area contributed by atoms with E-state index in [1.165, 1.54) is 11.8 Å². The maximum Gasteiger partial charge on any atom is 0.321 e. The molecular weight excluding hydrogens is 250 g/mol. The predicted octanol–water partition coefficient (Wildman–Crippen LogP) is 1.26. The summed E-state index contributed by atoms with van der Waals surface area (Å²) in [5.74, 6) is -0.735. The number of fused-ring (bicyclic) bond motifs is 1. The van der Waals surface area contributed by atoms with Gasteiger partial charge in [0.1, 0.15) is 6.04 Å². The highest BCUT2D eigenvalue weighted by atomic mass is 32.2. The quantitative estimate of drug-likeness (QED) is 0.763. The van der Waals surface area contributed by atoms with Crippen molar-refractivity contribution in [3.63, 3.8) is 0 Å². The van der Waals surface area contributed by atoms with Crippen LogP contribution in [0.3, 0.4) is 0 Å². The van der Waals surface area contributed by atoms with E-state index in [-0.39, 0.29) is 11.0 Å². The van der Waals surface area contributed by atoms with Crippen molar-refractivity contribution in [1.82, 2.24) is 0 Å². The summed E-state index contributed by atoms with van der Waals surface area (Å²) in [5, 5.41) is 18.8. The average Bonchev–Trinajstić information content (AvgIpc) is 2.38. The van der Waals surface area contributed by atoms with E-state index in [0.29, 0.717) is 0 Å². The molecule has 0 aromatic heterocycles. The van der Waals surface area contributed by atoms with Gasteiger partial charge in [0.15, 0.2) is 0 Å². The Labute approximate surface area is 110 Å². The summed E-state index contributed by atoms with van der Waals surface area (Å²) < 4.78 is 0. The molecule has 1 aliphatic rings. The van der Waals surface area contributed by atoms with Crippen LogP contribution in [0.15, 0.2) is 30.3 Å². The van der Waals surface area contributed by atoms with Crippen molar-refractivity contribution in [2.75, 3.05) is 5.75 Å². The minimum absolute atomic E-state index is 0.148. The number of thioether (sulfide) groups is 1. The molecule has 0 saturated carbocycles. The van der Waals surface area contributed by atoms with Gasteiger partial charge < -0.3 is 15.9 Å². The number of aliphatic hydroxyl groups is 1. The van der Waals surface area contributed by atoms with E-state index in [1.54, 1.807) is 0 Å². The van der Waals surface area contributed by atoms with Crippen LogP contribution < -0.4 is 5.73 Å². The second kappa shape index (κ2) is 5.56. The third-order valence-corrected chi connectivity index (χ3v) is 4.23.